The standard InChI is InChI=1S/C31H46N8O/c40-30-6-2-1-5-27(30)28-18-29-31(35-34-28)33-20-26-22-38(16-17-39(26)29)25-9-14-37(15-10-25)24-7-12-36(13-8-24)21-23-4-3-11-32-19-23/h1-2,5-6,18,23-26,32,40H,3-4,7-17,19-22H2,(H,33,35)/t23-,26+/m1/s1. The fraction of sp³-hybridized carbons (Fsp3) is 0.677. The third kappa shape index (κ3) is 5.53. The van der Waals surface area contributed by atoms with Gasteiger partial charge in [-0.05, 0) is 102 Å². The van der Waals surface area contributed by atoms with E-state index in [1.54, 1.807) is 6.07 Å². The monoisotopic (exact) mass is 546 g/mol. The Balaban J connectivity index is 0.908. The third-order valence-corrected chi connectivity index (χ3v) is 10.3. The second-order valence-corrected chi connectivity index (χ2v) is 12.7. The summed E-state index contributed by atoms with van der Waals surface area (Å²) in [6, 6.07) is 11.4. The first-order valence-electron chi connectivity index (χ1n) is 15.8. The molecule has 1 aromatic carbocycles. The summed E-state index contributed by atoms with van der Waals surface area (Å²) in [7, 11) is 0. The Morgan fingerprint density at radius 1 is 0.825 bits per heavy atom. The average Bonchev–Trinajstić information content (AvgIpc) is 3.02. The minimum absolute atomic E-state index is 0.246. The van der Waals surface area contributed by atoms with Crippen molar-refractivity contribution in [1.82, 2.24) is 30.2 Å². The predicted octanol–water partition coefficient (Wildman–Crippen LogP) is 2.69. The van der Waals surface area contributed by atoms with Gasteiger partial charge >= 0.3 is 0 Å². The SMILES string of the molecule is Oc1ccccc1-c1cc2c(nn1)NC[C@H]1CN(C3CCN(C4CCN(C[C@@H]5CCCNC5)CC4)CC3)CCN21. The molecule has 0 aliphatic carbocycles. The van der Waals surface area contributed by atoms with Crippen LogP contribution >= 0.6 is 0 Å². The number of aromatic nitrogens is 2. The number of hydrogen-bond acceptors (Lipinski definition) is 9. The Hall–Kier alpha value is -2.46. The third-order valence-electron chi connectivity index (χ3n) is 10.3. The first-order valence-corrected chi connectivity index (χ1v) is 15.8. The Labute approximate surface area is 238 Å². The number of piperidine rings is 3. The molecule has 0 amide bonds. The molecule has 9 nitrogen and oxygen atoms in total. The van der Waals surface area contributed by atoms with E-state index in [-0.39, 0.29) is 5.75 Å². The minimum atomic E-state index is 0.246. The molecule has 4 fully saturated rings. The summed E-state index contributed by atoms with van der Waals surface area (Å²) >= 11 is 0. The normalized spacial score (nSPS) is 27.6. The highest BCUT2D eigenvalue weighted by molar-refractivity contribution is 5.76. The second kappa shape index (κ2) is 11.8. The van der Waals surface area contributed by atoms with E-state index in [1.165, 1.54) is 84.3 Å². The van der Waals surface area contributed by atoms with Crippen LogP contribution in [-0.2, 0) is 0 Å². The van der Waals surface area contributed by atoms with E-state index in [4.69, 9.17) is 0 Å². The molecule has 6 heterocycles. The van der Waals surface area contributed by atoms with Crippen molar-refractivity contribution in [2.45, 2.75) is 56.7 Å². The number of likely N-dealkylation sites (tertiary alicyclic amines) is 2. The Morgan fingerprint density at radius 3 is 2.42 bits per heavy atom. The van der Waals surface area contributed by atoms with Crippen LogP contribution < -0.4 is 15.5 Å². The predicted molar refractivity (Wildman–Crippen MR) is 160 cm³/mol. The highest BCUT2D eigenvalue weighted by Gasteiger charge is 2.37. The van der Waals surface area contributed by atoms with Crippen LogP contribution in [0.15, 0.2) is 30.3 Å². The van der Waals surface area contributed by atoms with Crippen molar-refractivity contribution in [1.29, 1.82) is 0 Å². The van der Waals surface area contributed by atoms with Gasteiger partial charge in [-0.15, -0.1) is 10.2 Å². The van der Waals surface area contributed by atoms with E-state index in [0.717, 1.165) is 60.9 Å². The van der Waals surface area contributed by atoms with E-state index in [1.807, 2.05) is 18.2 Å². The van der Waals surface area contributed by atoms with Crippen molar-refractivity contribution in [2.75, 3.05) is 82.2 Å². The molecule has 0 unspecified atom stereocenters. The minimum Gasteiger partial charge on any atom is -0.507 e. The zero-order valence-electron chi connectivity index (χ0n) is 23.8. The summed E-state index contributed by atoms with van der Waals surface area (Å²) in [5.74, 6) is 1.97. The molecule has 2 aromatic rings. The number of phenols is 1. The summed E-state index contributed by atoms with van der Waals surface area (Å²) in [5, 5.41) is 26.4. The quantitative estimate of drug-likeness (QED) is 0.524. The maximum atomic E-state index is 10.3. The van der Waals surface area contributed by atoms with Gasteiger partial charge in [0.2, 0.25) is 0 Å². The molecule has 0 bridgehead atoms. The summed E-state index contributed by atoms with van der Waals surface area (Å²) in [5.41, 5.74) is 2.58. The number of rotatable bonds is 5. The molecular formula is C31H46N8O. The highest BCUT2D eigenvalue weighted by atomic mass is 16.3. The lowest BCUT2D eigenvalue weighted by atomic mass is 9.94. The van der Waals surface area contributed by atoms with Crippen LogP contribution in [0, 0.1) is 5.92 Å². The van der Waals surface area contributed by atoms with Crippen molar-refractivity contribution in [2.24, 2.45) is 5.92 Å². The maximum Gasteiger partial charge on any atom is 0.172 e. The van der Waals surface area contributed by atoms with Crippen LogP contribution in [0.4, 0.5) is 11.5 Å². The van der Waals surface area contributed by atoms with Gasteiger partial charge in [-0.1, -0.05) is 12.1 Å². The molecule has 0 spiro atoms. The lowest BCUT2D eigenvalue weighted by molar-refractivity contribution is 0.0452. The van der Waals surface area contributed by atoms with Crippen molar-refractivity contribution < 1.29 is 5.11 Å². The van der Waals surface area contributed by atoms with Crippen molar-refractivity contribution in [3.8, 4) is 17.0 Å². The molecule has 3 N–H and O–H groups in total. The van der Waals surface area contributed by atoms with Crippen LogP contribution in [-0.4, -0.2) is 120 Å². The number of hydrogen-bond donors (Lipinski definition) is 3. The number of phenolic OH excluding ortho intramolecular Hbond substituents is 1. The first kappa shape index (κ1) is 26.4. The Kier molecular flexibility index (Phi) is 7.80. The molecule has 216 valence electrons. The average molecular weight is 547 g/mol. The number of nitrogens with one attached hydrogen (secondary N) is 2. The van der Waals surface area contributed by atoms with Crippen LogP contribution in [0.5, 0.6) is 5.75 Å². The fourth-order valence-corrected chi connectivity index (χ4v) is 7.99. The Bertz CT molecular complexity index is 1140. The number of piperazine rings is 1. The molecule has 9 heteroatoms. The molecule has 1 aromatic heterocycles. The topological polar surface area (TPSA) is 83.0 Å². The van der Waals surface area contributed by atoms with E-state index in [2.05, 4.69) is 46.5 Å². The van der Waals surface area contributed by atoms with Crippen LogP contribution in [0.3, 0.4) is 0 Å². The number of fused-ring (bicyclic) bond motifs is 3. The van der Waals surface area contributed by atoms with Crippen LogP contribution in [0.2, 0.25) is 0 Å². The number of nitrogens with zero attached hydrogens (tertiary/aromatic N) is 6. The molecule has 2 atom stereocenters. The zero-order chi connectivity index (χ0) is 26.9. The van der Waals surface area contributed by atoms with Crippen LogP contribution in [0.25, 0.3) is 11.3 Å². The smallest absolute Gasteiger partial charge is 0.172 e. The molecule has 40 heavy (non-hydrogen) atoms. The van der Waals surface area contributed by atoms with Gasteiger partial charge < -0.3 is 30.4 Å². The number of anilines is 2. The van der Waals surface area contributed by atoms with Gasteiger partial charge in [0, 0.05) is 50.4 Å². The van der Waals surface area contributed by atoms with Crippen molar-refractivity contribution >= 4 is 11.5 Å². The molecular weight excluding hydrogens is 500 g/mol. The second-order valence-electron chi connectivity index (χ2n) is 12.7. The summed E-state index contributed by atoms with van der Waals surface area (Å²) in [6.45, 7) is 12.9. The van der Waals surface area contributed by atoms with Crippen LogP contribution in [0.1, 0.15) is 38.5 Å². The molecule has 0 radical (unpaired) electrons. The van der Waals surface area contributed by atoms with Gasteiger partial charge in [-0.2, -0.15) is 0 Å². The molecule has 5 aliphatic heterocycles. The van der Waals surface area contributed by atoms with Crippen molar-refractivity contribution in [3.63, 3.8) is 0 Å². The molecule has 7 rings (SSSR count). The van der Waals surface area contributed by atoms with Gasteiger partial charge in [0.1, 0.15) is 5.75 Å². The summed E-state index contributed by atoms with van der Waals surface area (Å²) in [6.07, 6.45) is 8.06. The number of para-hydroxylation sites is 1. The van der Waals surface area contributed by atoms with Gasteiger partial charge in [0.25, 0.3) is 0 Å². The zero-order valence-corrected chi connectivity index (χ0v) is 23.8. The lowest BCUT2D eigenvalue weighted by Gasteiger charge is -2.50. The van der Waals surface area contributed by atoms with Gasteiger partial charge in [0.15, 0.2) is 5.82 Å². The fourth-order valence-electron chi connectivity index (χ4n) is 7.99. The molecule has 5 aliphatic rings. The molecule has 0 saturated carbocycles. The summed E-state index contributed by atoms with van der Waals surface area (Å²) in [4.78, 5) is 10.9. The van der Waals surface area contributed by atoms with Gasteiger partial charge in [-0.3, -0.25) is 4.90 Å². The largest absolute Gasteiger partial charge is 0.507 e. The lowest BCUT2D eigenvalue weighted by Crippen LogP contribution is -2.61. The van der Waals surface area contributed by atoms with E-state index >= 15 is 0 Å². The van der Waals surface area contributed by atoms with E-state index in [0.29, 0.717) is 12.1 Å². The maximum absolute atomic E-state index is 10.3. The first-order chi connectivity index (χ1) is 19.7. The Morgan fingerprint density at radius 2 is 1.62 bits per heavy atom. The summed E-state index contributed by atoms with van der Waals surface area (Å²) < 4.78 is 0. The highest BCUT2D eigenvalue weighted by Crippen LogP contribution is 2.36. The number of aromatic hydroxyl groups is 1. The van der Waals surface area contributed by atoms with Gasteiger partial charge in [-0.25, -0.2) is 0 Å². The van der Waals surface area contributed by atoms with E-state index < -0.39 is 0 Å². The number of benzene rings is 1. The molecule has 4 saturated heterocycles. The van der Waals surface area contributed by atoms with Crippen molar-refractivity contribution in [3.05, 3.63) is 30.3 Å². The van der Waals surface area contributed by atoms with E-state index in [9.17, 15) is 5.11 Å². The van der Waals surface area contributed by atoms with Gasteiger partial charge in [0.05, 0.1) is 17.4 Å².